The molecule has 0 spiro atoms. The minimum atomic E-state index is -0.872. The average molecular weight is 227 g/mol. The Bertz CT molecular complexity index is 455. The van der Waals surface area contributed by atoms with E-state index in [2.05, 4.69) is 4.98 Å². The van der Waals surface area contributed by atoms with Crippen molar-refractivity contribution in [2.45, 2.75) is 25.4 Å². The van der Waals surface area contributed by atoms with Gasteiger partial charge in [-0.05, 0) is 24.1 Å². The number of hydrogen-bond donors (Lipinski definition) is 1. The van der Waals surface area contributed by atoms with Crippen LogP contribution < -0.4 is 0 Å². The molecule has 1 aromatic heterocycles. The first kappa shape index (κ1) is 11.8. The smallest absolute Gasteiger partial charge is 0.110 e. The second-order valence-electron chi connectivity index (χ2n) is 4.26. The van der Waals surface area contributed by atoms with Crippen molar-refractivity contribution >= 4 is 0 Å². The number of pyridine rings is 1. The van der Waals surface area contributed by atoms with Crippen molar-refractivity contribution in [3.05, 3.63) is 66.0 Å². The highest BCUT2D eigenvalue weighted by Crippen LogP contribution is 2.27. The fourth-order valence-corrected chi connectivity index (χ4v) is 1.97. The third-order valence-electron chi connectivity index (χ3n) is 3.07. The Morgan fingerprint density at radius 2 is 1.76 bits per heavy atom. The minimum absolute atomic E-state index is 0.599. The molecule has 1 N–H and O–H groups in total. The molecule has 0 aliphatic heterocycles. The summed E-state index contributed by atoms with van der Waals surface area (Å²) in [6, 6.07) is 15.7. The molecule has 2 heteroatoms. The Balaban J connectivity index is 2.27. The highest BCUT2D eigenvalue weighted by atomic mass is 16.3. The monoisotopic (exact) mass is 227 g/mol. The Morgan fingerprint density at radius 1 is 1.06 bits per heavy atom. The summed E-state index contributed by atoms with van der Waals surface area (Å²) in [5.74, 6) is 0. The second-order valence-corrected chi connectivity index (χ2v) is 4.26. The molecule has 0 bridgehead atoms. The van der Waals surface area contributed by atoms with Crippen LogP contribution >= 0.6 is 0 Å². The first-order chi connectivity index (χ1) is 8.24. The van der Waals surface area contributed by atoms with Crippen molar-refractivity contribution in [3.8, 4) is 0 Å². The van der Waals surface area contributed by atoms with Gasteiger partial charge in [-0.2, -0.15) is 0 Å². The van der Waals surface area contributed by atoms with Crippen LogP contribution in [0.1, 0.15) is 24.6 Å². The zero-order valence-corrected chi connectivity index (χ0v) is 10.0. The van der Waals surface area contributed by atoms with Gasteiger partial charge in [0.25, 0.3) is 0 Å². The molecule has 0 saturated carbocycles. The van der Waals surface area contributed by atoms with Crippen LogP contribution in [0.15, 0.2) is 54.7 Å². The van der Waals surface area contributed by atoms with Gasteiger partial charge < -0.3 is 5.11 Å². The van der Waals surface area contributed by atoms with Crippen molar-refractivity contribution in [2.24, 2.45) is 0 Å². The third kappa shape index (κ3) is 2.71. The molecule has 0 saturated heterocycles. The van der Waals surface area contributed by atoms with Gasteiger partial charge in [0.15, 0.2) is 0 Å². The SMILES string of the molecule is CCC(O)(Cc1ccccc1)c1ccccn1. The zero-order chi connectivity index (χ0) is 12.1. The van der Waals surface area contributed by atoms with Crippen molar-refractivity contribution in [2.75, 3.05) is 0 Å². The maximum atomic E-state index is 10.7. The summed E-state index contributed by atoms with van der Waals surface area (Å²) in [4.78, 5) is 4.27. The van der Waals surface area contributed by atoms with Gasteiger partial charge >= 0.3 is 0 Å². The average Bonchev–Trinajstić information content (AvgIpc) is 2.41. The van der Waals surface area contributed by atoms with Gasteiger partial charge in [-0.1, -0.05) is 43.3 Å². The molecule has 2 nitrogen and oxygen atoms in total. The van der Waals surface area contributed by atoms with Crippen LogP contribution in [0, 0.1) is 0 Å². The van der Waals surface area contributed by atoms with Crippen LogP contribution in [0.5, 0.6) is 0 Å². The summed E-state index contributed by atoms with van der Waals surface area (Å²) < 4.78 is 0. The van der Waals surface area contributed by atoms with Gasteiger partial charge in [-0.15, -0.1) is 0 Å². The molecular weight excluding hydrogens is 210 g/mol. The van der Waals surface area contributed by atoms with Crippen LogP contribution in [-0.2, 0) is 12.0 Å². The molecule has 88 valence electrons. The number of hydrogen-bond acceptors (Lipinski definition) is 2. The van der Waals surface area contributed by atoms with Gasteiger partial charge in [0, 0.05) is 12.6 Å². The van der Waals surface area contributed by atoms with Gasteiger partial charge in [0.1, 0.15) is 5.60 Å². The van der Waals surface area contributed by atoms with Crippen molar-refractivity contribution in [3.63, 3.8) is 0 Å². The standard InChI is InChI=1S/C15H17NO/c1-2-15(17,14-10-6-7-11-16-14)12-13-8-4-3-5-9-13/h3-11,17H,2,12H2,1H3. The van der Waals surface area contributed by atoms with Crippen LogP contribution in [-0.4, -0.2) is 10.1 Å². The van der Waals surface area contributed by atoms with Gasteiger partial charge in [-0.25, -0.2) is 0 Å². The lowest BCUT2D eigenvalue weighted by atomic mass is 9.88. The molecule has 0 amide bonds. The highest BCUT2D eigenvalue weighted by Gasteiger charge is 2.28. The predicted molar refractivity (Wildman–Crippen MR) is 68.6 cm³/mol. The lowest BCUT2D eigenvalue weighted by Crippen LogP contribution is -2.28. The van der Waals surface area contributed by atoms with E-state index in [1.807, 2.05) is 55.5 Å². The Labute approximate surface area is 102 Å². The first-order valence-electron chi connectivity index (χ1n) is 5.92. The molecule has 1 unspecified atom stereocenters. The molecule has 0 fully saturated rings. The Hall–Kier alpha value is -1.67. The molecule has 17 heavy (non-hydrogen) atoms. The molecule has 0 radical (unpaired) electrons. The third-order valence-corrected chi connectivity index (χ3v) is 3.07. The fraction of sp³-hybridized carbons (Fsp3) is 0.267. The molecule has 1 atom stereocenters. The Kier molecular flexibility index (Phi) is 3.55. The molecule has 2 aromatic rings. The number of benzene rings is 1. The van der Waals surface area contributed by atoms with Crippen LogP contribution in [0.25, 0.3) is 0 Å². The van der Waals surface area contributed by atoms with Crippen molar-refractivity contribution in [1.82, 2.24) is 4.98 Å². The van der Waals surface area contributed by atoms with E-state index in [1.165, 1.54) is 0 Å². The number of aliphatic hydroxyl groups is 1. The topological polar surface area (TPSA) is 33.1 Å². The van der Waals surface area contributed by atoms with E-state index in [4.69, 9.17) is 0 Å². The van der Waals surface area contributed by atoms with Gasteiger partial charge in [0.05, 0.1) is 5.69 Å². The van der Waals surface area contributed by atoms with E-state index in [-0.39, 0.29) is 0 Å². The molecule has 2 rings (SSSR count). The molecular formula is C15H17NO. The lowest BCUT2D eigenvalue weighted by Gasteiger charge is -2.26. The second kappa shape index (κ2) is 5.11. The summed E-state index contributed by atoms with van der Waals surface area (Å²) in [6.45, 7) is 1.98. The summed E-state index contributed by atoms with van der Waals surface area (Å²) in [7, 11) is 0. The summed E-state index contributed by atoms with van der Waals surface area (Å²) in [6.07, 6.45) is 2.97. The molecule has 0 aliphatic rings. The molecule has 0 aliphatic carbocycles. The lowest BCUT2D eigenvalue weighted by molar-refractivity contribution is 0.0283. The van der Waals surface area contributed by atoms with E-state index in [0.717, 1.165) is 11.3 Å². The maximum absolute atomic E-state index is 10.7. The van der Waals surface area contributed by atoms with Gasteiger partial charge in [0.2, 0.25) is 0 Å². The number of rotatable bonds is 4. The van der Waals surface area contributed by atoms with E-state index in [1.54, 1.807) is 6.20 Å². The van der Waals surface area contributed by atoms with Crippen LogP contribution in [0.4, 0.5) is 0 Å². The Morgan fingerprint density at radius 3 is 2.35 bits per heavy atom. The van der Waals surface area contributed by atoms with E-state index in [0.29, 0.717) is 12.8 Å². The number of nitrogens with zero attached hydrogens (tertiary/aromatic N) is 1. The summed E-state index contributed by atoms with van der Waals surface area (Å²) >= 11 is 0. The van der Waals surface area contributed by atoms with Gasteiger partial charge in [-0.3, -0.25) is 4.98 Å². The zero-order valence-electron chi connectivity index (χ0n) is 10.0. The largest absolute Gasteiger partial charge is 0.383 e. The van der Waals surface area contributed by atoms with E-state index >= 15 is 0 Å². The maximum Gasteiger partial charge on any atom is 0.110 e. The number of aromatic nitrogens is 1. The van der Waals surface area contributed by atoms with E-state index < -0.39 is 5.60 Å². The first-order valence-corrected chi connectivity index (χ1v) is 5.92. The van der Waals surface area contributed by atoms with E-state index in [9.17, 15) is 5.11 Å². The van der Waals surface area contributed by atoms with Crippen LogP contribution in [0.2, 0.25) is 0 Å². The predicted octanol–water partition coefficient (Wildman–Crippen LogP) is 2.92. The van der Waals surface area contributed by atoms with Crippen molar-refractivity contribution in [1.29, 1.82) is 0 Å². The highest BCUT2D eigenvalue weighted by molar-refractivity contribution is 5.21. The quantitative estimate of drug-likeness (QED) is 0.871. The minimum Gasteiger partial charge on any atom is -0.383 e. The fourth-order valence-electron chi connectivity index (χ4n) is 1.97. The summed E-state index contributed by atoms with van der Waals surface area (Å²) in [5.41, 5.74) is 0.997. The van der Waals surface area contributed by atoms with Crippen LogP contribution in [0.3, 0.4) is 0 Å². The normalized spacial score (nSPS) is 14.2. The molecule has 1 aromatic carbocycles. The molecule has 1 heterocycles. The van der Waals surface area contributed by atoms with Crippen molar-refractivity contribution < 1.29 is 5.11 Å². The summed E-state index contributed by atoms with van der Waals surface area (Å²) in [5, 5.41) is 10.7.